The van der Waals surface area contributed by atoms with Crippen molar-refractivity contribution in [1.82, 2.24) is 24.6 Å². The number of ether oxygens (including phenoxy) is 1. The largest absolute Gasteiger partial charge is 0.381 e. The summed E-state index contributed by atoms with van der Waals surface area (Å²) in [6.07, 6.45) is 9.40. The first-order chi connectivity index (χ1) is 11.8. The molecule has 2 aliphatic heterocycles. The molecule has 0 spiro atoms. The molecule has 2 saturated heterocycles. The van der Waals surface area contributed by atoms with Gasteiger partial charge >= 0.3 is 0 Å². The van der Waals surface area contributed by atoms with E-state index in [2.05, 4.69) is 20.4 Å². The molecule has 4 rings (SSSR count). The Morgan fingerprint density at radius 2 is 2.08 bits per heavy atom. The van der Waals surface area contributed by atoms with Gasteiger partial charge in [-0.15, -0.1) is 0 Å². The highest BCUT2D eigenvalue weighted by molar-refractivity contribution is 5.86. The zero-order chi connectivity index (χ0) is 16.4. The summed E-state index contributed by atoms with van der Waals surface area (Å²) >= 11 is 0. The van der Waals surface area contributed by atoms with Gasteiger partial charge in [0.05, 0.1) is 12.4 Å². The maximum Gasteiger partial charge on any atom is 0.245 e. The molecule has 2 aliphatic rings. The second-order valence-corrected chi connectivity index (χ2v) is 6.07. The molecule has 126 valence electrons. The first-order valence-corrected chi connectivity index (χ1v) is 8.28. The Morgan fingerprint density at radius 3 is 2.88 bits per heavy atom. The Bertz CT molecular complexity index is 698. The molecule has 8 nitrogen and oxygen atoms in total. The first-order valence-electron chi connectivity index (χ1n) is 8.28. The minimum absolute atomic E-state index is 0.146. The zero-order valence-electron chi connectivity index (χ0n) is 13.3. The Labute approximate surface area is 139 Å². The van der Waals surface area contributed by atoms with Gasteiger partial charge in [0.15, 0.2) is 5.82 Å². The van der Waals surface area contributed by atoms with Crippen molar-refractivity contribution in [3.05, 3.63) is 30.9 Å². The zero-order valence-corrected chi connectivity index (χ0v) is 13.3. The molecule has 0 aromatic carbocycles. The summed E-state index contributed by atoms with van der Waals surface area (Å²) in [4.78, 5) is 23.3. The van der Waals surface area contributed by atoms with E-state index in [0.717, 1.165) is 39.0 Å². The predicted octanol–water partition coefficient (Wildman–Crippen LogP) is 0.854. The summed E-state index contributed by atoms with van der Waals surface area (Å²) in [6, 6.07) is 1.89. The van der Waals surface area contributed by atoms with E-state index in [1.807, 2.05) is 11.0 Å². The number of carbonyl (C=O) groups is 1. The number of anilines is 1. The number of rotatable bonds is 4. The van der Waals surface area contributed by atoms with Crippen molar-refractivity contribution >= 4 is 11.7 Å². The van der Waals surface area contributed by atoms with Crippen LogP contribution >= 0.6 is 0 Å². The van der Waals surface area contributed by atoms with Gasteiger partial charge < -0.3 is 15.0 Å². The van der Waals surface area contributed by atoms with Gasteiger partial charge in [-0.2, -0.15) is 5.10 Å². The van der Waals surface area contributed by atoms with E-state index in [4.69, 9.17) is 4.74 Å². The van der Waals surface area contributed by atoms with Crippen LogP contribution in [0.15, 0.2) is 30.9 Å². The van der Waals surface area contributed by atoms with Crippen molar-refractivity contribution in [2.24, 2.45) is 0 Å². The van der Waals surface area contributed by atoms with Gasteiger partial charge in [0, 0.05) is 38.2 Å². The standard InChI is InChI=1S/C16H20N6O2/c23-16-13(2-7-21(16)12-3-8-24-9-4-12)19-14-10-17-11-15(20-14)22-6-1-5-18-22/h1,5-6,10-13H,2-4,7-9H2,(H,19,20). The van der Waals surface area contributed by atoms with E-state index in [1.165, 1.54) is 0 Å². The van der Waals surface area contributed by atoms with Crippen LogP contribution in [-0.2, 0) is 9.53 Å². The molecule has 2 aromatic heterocycles. The molecular weight excluding hydrogens is 308 g/mol. The highest BCUT2D eigenvalue weighted by atomic mass is 16.5. The van der Waals surface area contributed by atoms with Crippen molar-refractivity contribution < 1.29 is 9.53 Å². The van der Waals surface area contributed by atoms with Gasteiger partial charge in [-0.05, 0) is 25.3 Å². The fraction of sp³-hybridized carbons (Fsp3) is 0.500. The highest BCUT2D eigenvalue weighted by Crippen LogP contribution is 2.23. The van der Waals surface area contributed by atoms with Gasteiger partial charge in [-0.3, -0.25) is 9.78 Å². The summed E-state index contributed by atoms with van der Waals surface area (Å²) < 4.78 is 7.03. The fourth-order valence-electron chi connectivity index (χ4n) is 3.31. The normalized spacial score (nSPS) is 22.1. The number of hydrogen-bond acceptors (Lipinski definition) is 6. The minimum atomic E-state index is -0.241. The second kappa shape index (κ2) is 6.56. The first kappa shape index (κ1) is 15.1. The SMILES string of the molecule is O=C1C(Nc2cncc(-n3cccn3)n2)CCN1C1CCOCC1. The lowest BCUT2D eigenvalue weighted by molar-refractivity contribution is -0.131. The van der Waals surface area contributed by atoms with Gasteiger partial charge in [-0.1, -0.05) is 0 Å². The third-order valence-corrected chi connectivity index (χ3v) is 4.55. The maximum absolute atomic E-state index is 12.7. The molecule has 8 heteroatoms. The number of hydrogen-bond donors (Lipinski definition) is 1. The molecule has 0 bridgehead atoms. The molecule has 2 fully saturated rings. The number of nitrogens with one attached hydrogen (secondary N) is 1. The van der Waals surface area contributed by atoms with E-state index >= 15 is 0 Å². The summed E-state index contributed by atoms with van der Waals surface area (Å²) in [5, 5.41) is 7.37. The number of likely N-dealkylation sites (tertiary alicyclic amines) is 1. The molecule has 1 amide bonds. The van der Waals surface area contributed by atoms with E-state index in [-0.39, 0.29) is 11.9 Å². The van der Waals surface area contributed by atoms with Gasteiger partial charge in [0.2, 0.25) is 5.91 Å². The van der Waals surface area contributed by atoms with Crippen molar-refractivity contribution in [2.75, 3.05) is 25.1 Å². The van der Waals surface area contributed by atoms with E-state index < -0.39 is 0 Å². The van der Waals surface area contributed by atoms with E-state index in [1.54, 1.807) is 29.5 Å². The topological polar surface area (TPSA) is 85.2 Å². The summed E-state index contributed by atoms with van der Waals surface area (Å²) in [5.74, 6) is 1.36. The molecule has 1 N–H and O–H groups in total. The summed E-state index contributed by atoms with van der Waals surface area (Å²) in [6.45, 7) is 2.27. The van der Waals surface area contributed by atoms with Crippen LogP contribution in [0.25, 0.3) is 5.82 Å². The number of aromatic nitrogens is 4. The maximum atomic E-state index is 12.7. The third-order valence-electron chi connectivity index (χ3n) is 4.55. The monoisotopic (exact) mass is 328 g/mol. The molecule has 0 radical (unpaired) electrons. The van der Waals surface area contributed by atoms with Crippen molar-refractivity contribution in [1.29, 1.82) is 0 Å². The Balaban J connectivity index is 1.44. The van der Waals surface area contributed by atoms with Gasteiger partial charge in [0.1, 0.15) is 11.9 Å². The average molecular weight is 328 g/mol. The molecular formula is C16H20N6O2. The van der Waals surface area contributed by atoms with Crippen molar-refractivity contribution in [2.45, 2.75) is 31.3 Å². The Hall–Kier alpha value is -2.48. The molecule has 2 aromatic rings. The highest BCUT2D eigenvalue weighted by Gasteiger charge is 2.36. The summed E-state index contributed by atoms with van der Waals surface area (Å²) in [7, 11) is 0. The van der Waals surface area contributed by atoms with Gasteiger partial charge in [0.25, 0.3) is 0 Å². The number of nitrogens with zero attached hydrogens (tertiary/aromatic N) is 5. The van der Waals surface area contributed by atoms with Crippen LogP contribution in [0, 0.1) is 0 Å². The molecule has 24 heavy (non-hydrogen) atoms. The predicted molar refractivity (Wildman–Crippen MR) is 86.7 cm³/mol. The van der Waals surface area contributed by atoms with Crippen LogP contribution in [0.4, 0.5) is 5.82 Å². The van der Waals surface area contributed by atoms with Crippen molar-refractivity contribution in [3.8, 4) is 5.82 Å². The Morgan fingerprint density at radius 1 is 1.21 bits per heavy atom. The van der Waals surface area contributed by atoms with Gasteiger partial charge in [-0.25, -0.2) is 9.67 Å². The minimum Gasteiger partial charge on any atom is -0.381 e. The lowest BCUT2D eigenvalue weighted by atomic mass is 10.1. The number of amides is 1. The van der Waals surface area contributed by atoms with Crippen LogP contribution in [0.3, 0.4) is 0 Å². The van der Waals surface area contributed by atoms with E-state index in [0.29, 0.717) is 17.7 Å². The second-order valence-electron chi connectivity index (χ2n) is 6.07. The number of carbonyl (C=O) groups excluding carboxylic acids is 1. The van der Waals surface area contributed by atoms with E-state index in [9.17, 15) is 4.79 Å². The molecule has 4 heterocycles. The van der Waals surface area contributed by atoms with Crippen LogP contribution < -0.4 is 5.32 Å². The molecule has 0 saturated carbocycles. The fourth-order valence-corrected chi connectivity index (χ4v) is 3.31. The molecule has 1 unspecified atom stereocenters. The quantitative estimate of drug-likeness (QED) is 0.896. The average Bonchev–Trinajstić information content (AvgIpc) is 3.27. The van der Waals surface area contributed by atoms with Crippen LogP contribution in [-0.4, -0.2) is 62.4 Å². The van der Waals surface area contributed by atoms with Crippen LogP contribution in [0.1, 0.15) is 19.3 Å². The van der Waals surface area contributed by atoms with Crippen LogP contribution in [0.2, 0.25) is 0 Å². The molecule has 0 aliphatic carbocycles. The smallest absolute Gasteiger partial charge is 0.245 e. The van der Waals surface area contributed by atoms with Crippen molar-refractivity contribution in [3.63, 3.8) is 0 Å². The summed E-state index contributed by atoms with van der Waals surface area (Å²) in [5.41, 5.74) is 0. The lowest BCUT2D eigenvalue weighted by Gasteiger charge is -2.31. The Kier molecular flexibility index (Phi) is 4.12. The third kappa shape index (κ3) is 2.96. The van der Waals surface area contributed by atoms with Crippen LogP contribution in [0.5, 0.6) is 0 Å². The lowest BCUT2D eigenvalue weighted by Crippen LogP contribution is -2.43. The molecule has 1 atom stereocenters.